The summed E-state index contributed by atoms with van der Waals surface area (Å²) in [5.41, 5.74) is 1.11. The molecule has 11 heteroatoms. The Hall–Kier alpha value is -2.99. The molecule has 1 aromatic heterocycles. The van der Waals surface area contributed by atoms with E-state index in [4.69, 9.17) is 4.74 Å². The number of carbonyl (C=O) groups is 2. The average Bonchev–Trinajstić information content (AvgIpc) is 3.24. The first-order chi connectivity index (χ1) is 15.8. The highest BCUT2D eigenvalue weighted by molar-refractivity contribution is 7.89. The molecule has 0 aliphatic carbocycles. The van der Waals surface area contributed by atoms with Crippen LogP contribution in [0.15, 0.2) is 53.4 Å². The number of thiazole rings is 1. The average molecular weight is 490 g/mol. The highest BCUT2D eigenvalue weighted by atomic mass is 32.2. The van der Waals surface area contributed by atoms with Crippen molar-refractivity contribution in [2.75, 3.05) is 31.6 Å². The van der Waals surface area contributed by atoms with Crippen LogP contribution >= 0.6 is 11.3 Å². The van der Waals surface area contributed by atoms with Crippen molar-refractivity contribution in [2.45, 2.75) is 11.8 Å². The van der Waals surface area contributed by atoms with Crippen LogP contribution in [0.2, 0.25) is 0 Å². The number of amides is 1. The Labute approximate surface area is 194 Å². The molecule has 3 aromatic rings. The number of sulfonamides is 1. The van der Waals surface area contributed by atoms with Crippen LogP contribution in [0.25, 0.3) is 11.3 Å². The van der Waals surface area contributed by atoms with Crippen molar-refractivity contribution in [3.8, 4) is 11.3 Å². The summed E-state index contributed by atoms with van der Waals surface area (Å²) >= 11 is 1.01. The number of halogens is 1. The van der Waals surface area contributed by atoms with Crippen LogP contribution in [0.5, 0.6) is 0 Å². The fourth-order valence-corrected chi connectivity index (χ4v) is 5.72. The minimum absolute atomic E-state index is 0.0518. The van der Waals surface area contributed by atoms with E-state index >= 15 is 0 Å². The minimum atomic E-state index is -4.13. The monoisotopic (exact) mass is 489 g/mol. The molecule has 0 unspecified atom stereocenters. The molecule has 8 nitrogen and oxygen atoms in total. The SMILES string of the molecule is CC(=O)c1sc(NC(=O)c2ccc(F)c(S(=O)(=O)N3CCOCC3)c2)nc1-c1ccccc1. The molecule has 0 saturated carbocycles. The zero-order chi connectivity index (χ0) is 23.6. The number of nitrogens with one attached hydrogen (secondary N) is 1. The predicted molar refractivity (Wildman–Crippen MR) is 121 cm³/mol. The Morgan fingerprint density at radius 2 is 1.82 bits per heavy atom. The molecule has 0 bridgehead atoms. The number of nitrogens with zero attached hydrogens (tertiary/aromatic N) is 2. The maximum Gasteiger partial charge on any atom is 0.257 e. The van der Waals surface area contributed by atoms with Crippen LogP contribution in [0.1, 0.15) is 27.0 Å². The molecule has 1 saturated heterocycles. The van der Waals surface area contributed by atoms with Crippen molar-refractivity contribution < 1.29 is 27.1 Å². The zero-order valence-corrected chi connectivity index (χ0v) is 19.2. The molecular formula is C22H20FN3O5S2. The second kappa shape index (κ2) is 9.48. The third-order valence-corrected chi connectivity index (χ3v) is 7.98. The summed E-state index contributed by atoms with van der Waals surface area (Å²) in [4.78, 5) is 29.1. The molecule has 1 amide bonds. The highest BCUT2D eigenvalue weighted by Gasteiger charge is 2.30. The number of ketones is 1. The molecule has 4 rings (SSSR count). The second-order valence-electron chi connectivity index (χ2n) is 7.23. The Kier molecular flexibility index (Phi) is 6.66. The minimum Gasteiger partial charge on any atom is -0.379 e. The van der Waals surface area contributed by atoms with Gasteiger partial charge in [-0.2, -0.15) is 4.31 Å². The maximum absolute atomic E-state index is 14.4. The highest BCUT2D eigenvalue weighted by Crippen LogP contribution is 2.32. The van der Waals surface area contributed by atoms with Gasteiger partial charge in [0, 0.05) is 31.1 Å². The fourth-order valence-electron chi connectivity index (χ4n) is 3.34. The van der Waals surface area contributed by atoms with E-state index in [1.807, 2.05) is 18.2 Å². The number of carbonyl (C=O) groups excluding carboxylic acids is 2. The lowest BCUT2D eigenvalue weighted by atomic mass is 10.1. The van der Waals surface area contributed by atoms with Crippen LogP contribution in [0.3, 0.4) is 0 Å². The Morgan fingerprint density at radius 3 is 2.48 bits per heavy atom. The van der Waals surface area contributed by atoms with Crippen LogP contribution in [0, 0.1) is 5.82 Å². The van der Waals surface area contributed by atoms with Crippen molar-refractivity contribution in [3.05, 3.63) is 64.8 Å². The number of aromatic nitrogens is 1. The van der Waals surface area contributed by atoms with Gasteiger partial charge in [0.05, 0.1) is 23.8 Å². The van der Waals surface area contributed by atoms with Crippen LogP contribution in [0.4, 0.5) is 9.52 Å². The molecule has 1 N–H and O–H groups in total. The van der Waals surface area contributed by atoms with E-state index in [2.05, 4.69) is 10.3 Å². The number of hydrogen-bond acceptors (Lipinski definition) is 7. The van der Waals surface area contributed by atoms with E-state index in [0.29, 0.717) is 10.6 Å². The van der Waals surface area contributed by atoms with Crippen molar-refractivity contribution >= 4 is 38.2 Å². The van der Waals surface area contributed by atoms with E-state index in [9.17, 15) is 22.4 Å². The number of morpholine rings is 1. The van der Waals surface area contributed by atoms with Crippen molar-refractivity contribution in [2.24, 2.45) is 0 Å². The van der Waals surface area contributed by atoms with Gasteiger partial charge in [-0.25, -0.2) is 17.8 Å². The third-order valence-electron chi connectivity index (χ3n) is 5.00. The quantitative estimate of drug-likeness (QED) is 0.532. The van der Waals surface area contributed by atoms with Crippen molar-refractivity contribution in [1.29, 1.82) is 0 Å². The molecular weight excluding hydrogens is 469 g/mol. The summed E-state index contributed by atoms with van der Waals surface area (Å²) < 4.78 is 46.5. The number of anilines is 1. The summed E-state index contributed by atoms with van der Waals surface area (Å²) in [6.45, 7) is 2.05. The van der Waals surface area contributed by atoms with Gasteiger partial charge in [-0.05, 0) is 18.2 Å². The van der Waals surface area contributed by atoms with E-state index in [1.54, 1.807) is 12.1 Å². The molecule has 1 fully saturated rings. The molecule has 2 heterocycles. The second-order valence-corrected chi connectivity index (χ2v) is 10.1. The molecule has 0 radical (unpaired) electrons. The molecule has 2 aromatic carbocycles. The Morgan fingerprint density at radius 1 is 1.12 bits per heavy atom. The van der Waals surface area contributed by atoms with Gasteiger partial charge < -0.3 is 4.74 Å². The van der Waals surface area contributed by atoms with Crippen molar-refractivity contribution in [3.63, 3.8) is 0 Å². The number of Topliss-reactive ketones (excluding diaryl/α,β-unsaturated/α-hetero) is 1. The zero-order valence-electron chi connectivity index (χ0n) is 17.6. The lowest BCUT2D eigenvalue weighted by molar-refractivity contribution is 0.0729. The number of hydrogen-bond donors (Lipinski definition) is 1. The number of ether oxygens (including phenoxy) is 1. The van der Waals surface area contributed by atoms with Gasteiger partial charge in [-0.1, -0.05) is 41.7 Å². The van der Waals surface area contributed by atoms with Gasteiger partial charge in [-0.15, -0.1) is 0 Å². The lowest BCUT2D eigenvalue weighted by Gasteiger charge is -2.26. The maximum atomic E-state index is 14.4. The molecule has 1 aliphatic heterocycles. The molecule has 33 heavy (non-hydrogen) atoms. The van der Waals surface area contributed by atoms with Crippen LogP contribution in [-0.4, -0.2) is 55.7 Å². The largest absolute Gasteiger partial charge is 0.379 e. The fraction of sp³-hybridized carbons (Fsp3) is 0.227. The summed E-state index contributed by atoms with van der Waals surface area (Å²) in [5.74, 6) is -1.82. The van der Waals surface area contributed by atoms with Gasteiger partial charge in [0.2, 0.25) is 10.0 Å². The van der Waals surface area contributed by atoms with Gasteiger partial charge in [-0.3, -0.25) is 14.9 Å². The Bertz CT molecular complexity index is 1300. The molecule has 0 atom stereocenters. The molecule has 172 valence electrons. The normalized spacial score (nSPS) is 14.7. The first-order valence-electron chi connectivity index (χ1n) is 10.0. The first kappa shape index (κ1) is 23.2. The summed E-state index contributed by atoms with van der Waals surface area (Å²) in [5, 5.41) is 2.76. The topological polar surface area (TPSA) is 106 Å². The van der Waals surface area contributed by atoms with Crippen LogP contribution in [-0.2, 0) is 14.8 Å². The molecule has 0 spiro atoms. The summed E-state index contributed by atoms with van der Waals surface area (Å²) in [6.07, 6.45) is 0. The first-order valence-corrected chi connectivity index (χ1v) is 12.3. The number of rotatable bonds is 6. The smallest absolute Gasteiger partial charge is 0.257 e. The van der Waals surface area contributed by atoms with Gasteiger partial charge in [0.15, 0.2) is 10.9 Å². The summed E-state index contributed by atoms with van der Waals surface area (Å²) in [7, 11) is -4.13. The van der Waals surface area contributed by atoms with E-state index < -0.39 is 26.6 Å². The van der Waals surface area contributed by atoms with Gasteiger partial charge in [0.25, 0.3) is 5.91 Å². The van der Waals surface area contributed by atoms with E-state index in [-0.39, 0.29) is 42.8 Å². The van der Waals surface area contributed by atoms with Crippen LogP contribution < -0.4 is 5.32 Å². The van der Waals surface area contributed by atoms with Gasteiger partial charge >= 0.3 is 0 Å². The predicted octanol–water partition coefficient (Wildman–Crippen LogP) is 3.43. The third kappa shape index (κ3) is 4.86. The van der Waals surface area contributed by atoms with Crippen molar-refractivity contribution in [1.82, 2.24) is 9.29 Å². The summed E-state index contributed by atoms with van der Waals surface area (Å²) in [6, 6.07) is 12.2. The lowest BCUT2D eigenvalue weighted by Crippen LogP contribution is -2.41. The Balaban J connectivity index is 1.62. The standard InChI is InChI=1S/C22H20FN3O5S2/c1-14(27)20-19(15-5-3-2-4-6-15)24-22(32-20)25-21(28)16-7-8-17(23)18(13-16)33(29,30)26-9-11-31-12-10-26/h2-8,13H,9-12H2,1H3,(H,24,25,28). The van der Waals surface area contributed by atoms with E-state index in [1.165, 1.54) is 13.0 Å². The molecule has 1 aliphatic rings. The van der Waals surface area contributed by atoms with E-state index in [0.717, 1.165) is 33.3 Å². The number of benzene rings is 2. The van der Waals surface area contributed by atoms with Gasteiger partial charge in [0.1, 0.15) is 10.7 Å².